The molecule has 0 amide bonds. The zero-order chi connectivity index (χ0) is 20.0. The summed E-state index contributed by atoms with van der Waals surface area (Å²) < 4.78 is 1.62. The number of aromatic nitrogens is 3. The molecule has 0 radical (unpaired) electrons. The Balaban J connectivity index is 2.07. The van der Waals surface area contributed by atoms with E-state index in [-0.39, 0.29) is 22.2 Å². The zero-order valence-electron chi connectivity index (χ0n) is 15.6. The van der Waals surface area contributed by atoms with Crippen LogP contribution >= 0.6 is 22.9 Å². The summed E-state index contributed by atoms with van der Waals surface area (Å²) in [5.41, 5.74) is 2.53. The minimum atomic E-state index is -0.216. The van der Waals surface area contributed by atoms with Crippen molar-refractivity contribution in [1.29, 1.82) is 0 Å². The average Bonchev–Trinajstić information content (AvgIpc) is 3.08. The van der Waals surface area contributed by atoms with Gasteiger partial charge in [0.05, 0.1) is 10.6 Å². The van der Waals surface area contributed by atoms with E-state index in [0.29, 0.717) is 5.65 Å². The van der Waals surface area contributed by atoms with E-state index in [1.807, 2.05) is 45.2 Å². The van der Waals surface area contributed by atoms with Crippen LogP contribution in [0.3, 0.4) is 0 Å². The first kappa shape index (κ1) is 18.7. The molecule has 0 saturated carbocycles. The predicted molar refractivity (Wildman–Crippen MR) is 116 cm³/mol. The van der Waals surface area contributed by atoms with Gasteiger partial charge in [-0.25, -0.2) is 4.98 Å². The summed E-state index contributed by atoms with van der Waals surface area (Å²) in [6.45, 7) is 5.91. The molecule has 4 aromatic rings. The normalized spacial score (nSPS) is 11.5. The number of H-pyrrole nitrogens is 1. The highest BCUT2D eigenvalue weighted by Crippen LogP contribution is 2.36. The maximum atomic E-state index is 12.4. The number of aryl methyl sites for hydroxylation is 1. The summed E-state index contributed by atoms with van der Waals surface area (Å²) in [6.07, 6.45) is 1.82. The van der Waals surface area contributed by atoms with Crippen LogP contribution in [0.15, 0.2) is 52.2 Å². The van der Waals surface area contributed by atoms with Gasteiger partial charge in [0.2, 0.25) is 5.56 Å². The Labute approximate surface area is 170 Å². The third-order valence-electron chi connectivity index (χ3n) is 4.55. The summed E-state index contributed by atoms with van der Waals surface area (Å²) >= 11 is 7.88. The summed E-state index contributed by atoms with van der Waals surface area (Å²) in [7, 11) is 0. The summed E-state index contributed by atoms with van der Waals surface area (Å²) in [5.74, 6) is 0. The van der Waals surface area contributed by atoms with E-state index in [1.54, 1.807) is 28.0 Å². The van der Waals surface area contributed by atoms with E-state index >= 15 is 0 Å². The summed E-state index contributed by atoms with van der Waals surface area (Å²) in [6, 6.07) is 10.9. The molecule has 0 aliphatic rings. The number of halogens is 1. The standard InChI is InChI=1S/C21H18ClN3O2S/c1-11(2)25-10-14(9-16(22)21(25)27)15-8-13-5-7-18(26)23-20(13)24-19(15)17-6-4-12(3)28-17/h4-11H,1-3H3,(H,23,24,26). The van der Waals surface area contributed by atoms with Crippen molar-refractivity contribution in [3.8, 4) is 21.7 Å². The van der Waals surface area contributed by atoms with Crippen LogP contribution in [0.5, 0.6) is 0 Å². The van der Waals surface area contributed by atoms with Crippen LogP contribution < -0.4 is 11.1 Å². The highest BCUT2D eigenvalue weighted by Gasteiger charge is 2.16. The highest BCUT2D eigenvalue weighted by atomic mass is 35.5. The van der Waals surface area contributed by atoms with Gasteiger partial charge in [-0.3, -0.25) is 9.59 Å². The number of thiophene rings is 1. The first-order chi connectivity index (χ1) is 13.3. The molecule has 0 unspecified atom stereocenters. The highest BCUT2D eigenvalue weighted by molar-refractivity contribution is 7.15. The molecule has 1 N–H and O–H groups in total. The second-order valence-electron chi connectivity index (χ2n) is 6.94. The van der Waals surface area contributed by atoms with Crippen LogP contribution in [0.25, 0.3) is 32.7 Å². The fraction of sp³-hybridized carbons (Fsp3) is 0.190. The van der Waals surface area contributed by atoms with Gasteiger partial charge in [-0.15, -0.1) is 11.3 Å². The van der Waals surface area contributed by atoms with Crippen molar-refractivity contribution < 1.29 is 0 Å². The molecular weight excluding hydrogens is 394 g/mol. The van der Waals surface area contributed by atoms with Crippen molar-refractivity contribution in [2.75, 3.05) is 0 Å². The van der Waals surface area contributed by atoms with Crippen molar-refractivity contribution in [3.05, 3.63) is 73.2 Å². The fourth-order valence-corrected chi connectivity index (χ4v) is 4.23. The van der Waals surface area contributed by atoms with Crippen molar-refractivity contribution in [2.45, 2.75) is 26.8 Å². The summed E-state index contributed by atoms with van der Waals surface area (Å²) in [5, 5.41) is 0.978. The molecule has 0 aromatic carbocycles. The number of pyridine rings is 3. The lowest BCUT2D eigenvalue weighted by Crippen LogP contribution is -2.21. The molecule has 0 fully saturated rings. The molecule has 4 heterocycles. The Bertz CT molecular complexity index is 1320. The van der Waals surface area contributed by atoms with Gasteiger partial charge in [-0.1, -0.05) is 11.6 Å². The third kappa shape index (κ3) is 3.30. The van der Waals surface area contributed by atoms with Crippen molar-refractivity contribution in [3.63, 3.8) is 0 Å². The van der Waals surface area contributed by atoms with E-state index in [9.17, 15) is 9.59 Å². The van der Waals surface area contributed by atoms with E-state index in [0.717, 1.165) is 32.0 Å². The molecule has 0 bridgehead atoms. The van der Waals surface area contributed by atoms with Gasteiger partial charge in [0.15, 0.2) is 0 Å². The van der Waals surface area contributed by atoms with Gasteiger partial charge < -0.3 is 9.55 Å². The Morgan fingerprint density at radius 1 is 1.14 bits per heavy atom. The third-order valence-corrected chi connectivity index (χ3v) is 5.83. The molecule has 5 nitrogen and oxygen atoms in total. The van der Waals surface area contributed by atoms with Gasteiger partial charge in [0.25, 0.3) is 5.56 Å². The molecule has 7 heteroatoms. The zero-order valence-corrected chi connectivity index (χ0v) is 17.2. The first-order valence-corrected chi connectivity index (χ1v) is 10.1. The molecular formula is C21H18ClN3O2S. The second kappa shape index (κ2) is 7.04. The topological polar surface area (TPSA) is 67.8 Å². The van der Waals surface area contributed by atoms with Crippen LogP contribution in [0, 0.1) is 6.92 Å². The van der Waals surface area contributed by atoms with Crippen LogP contribution in [-0.2, 0) is 0 Å². The lowest BCUT2D eigenvalue weighted by molar-refractivity contribution is 0.579. The first-order valence-electron chi connectivity index (χ1n) is 8.86. The molecule has 0 atom stereocenters. The Morgan fingerprint density at radius 2 is 1.93 bits per heavy atom. The van der Waals surface area contributed by atoms with E-state index in [4.69, 9.17) is 16.6 Å². The number of nitrogens with zero attached hydrogens (tertiary/aromatic N) is 2. The maximum absolute atomic E-state index is 12.4. The smallest absolute Gasteiger partial charge is 0.269 e. The second-order valence-corrected chi connectivity index (χ2v) is 8.63. The SMILES string of the molecule is Cc1ccc(-c2nc3[nH]c(=O)ccc3cc2-c2cc(Cl)c(=O)n(C(C)C)c2)s1. The largest absolute Gasteiger partial charge is 0.311 e. The van der Waals surface area contributed by atoms with Gasteiger partial charge in [-0.2, -0.15) is 0 Å². The number of nitrogens with one attached hydrogen (secondary N) is 1. The van der Waals surface area contributed by atoms with Crippen LogP contribution in [0.4, 0.5) is 0 Å². The van der Waals surface area contributed by atoms with Gasteiger partial charge in [-0.05, 0) is 51.1 Å². The molecule has 28 heavy (non-hydrogen) atoms. The predicted octanol–water partition coefficient (Wildman–Crippen LogP) is 5.02. The monoisotopic (exact) mass is 411 g/mol. The molecule has 0 saturated heterocycles. The van der Waals surface area contributed by atoms with Crippen molar-refractivity contribution in [2.24, 2.45) is 0 Å². The molecule has 142 valence electrons. The number of aromatic amines is 1. The van der Waals surface area contributed by atoms with Crippen molar-refractivity contribution in [1.82, 2.24) is 14.5 Å². The quantitative estimate of drug-likeness (QED) is 0.514. The number of hydrogen-bond donors (Lipinski definition) is 1. The summed E-state index contributed by atoms with van der Waals surface area (Å²) in [4.78, 5) is 33.8. The molecule has 0 aliphatic carbocycles. The Kier molecular flexibility index (Phi) is 4.69. The number of hydrogen-bond acceptors (Lipinski definition) is 4. The van der Waals surface area contributed by atoms with Crippen molar-refractivity contribution >= 4 is 34.0 Å². The van der Waals surface area contributed by atoms with E-state index in [2.05, 4.69) is 4.98 Å². The molecule has 4 rings (SSSR count). The lowest BCUT2D eigenvalue weighted by atomic mass is 10.0. The average molecular weight is 412 g/mol. The minimum Gasteiger partial charge on any atom is -0.311 e. The lowest BCUT2D eigenvalue weighted by Gasteiger charge is -2.15. The molecule has 0 aliphatic heterocycles. The number of rotatable bonds is 3. The van der Waals surface area contributed by atoms with Crippen LogP contribution in [0.1, 0.15) is 24.8 Å². The fourth-order valence-electron chi connectivity index (χ4n) is 3.15. The Morgan fingerprint density at radius 3 is 2.61 bits per heavy atom. The Hall–Kier alpha value is -2.70. The number of fused-ring (bicyclic) bond motifs is 1. The minimum absolute atomic E-state index is 0.0258. The van der Waals surface area contributed by atoms with Crippen LogP contribution in [-0.4, -0.2) is 14.5 Å². The molecule has 4 aromatic heterocycles. The van der Waals surface area contributed by atoms with Crippen LogP contribution in [0.2, 0.25) is 5.02 Å². The van der Waals surface area contributed by atoms with E-state index < -0.39 is 0 Å². The maximum Gasteiger partial charge on any atom is 0.269 e. The van der Waals surface area contributed by atoms with Gasteiger partial charge in [0, 0.05) is 39.7 Å². The van der Waals surface area contributed by atoms with Gasteiger partial charge >= 0.3 is 0 Å². The van der Waals surface area contributed by atoms with Gasteiger partial charge in [0.1, 0.15) is 10.7 Å². The molecule has 0 spiro atoms. The van der Waals surface area contributed by atoms with E-state index in [1.165, 1.54) is 6.07 Å².